The molecule has 0 aromatic rings. The summed E-state index contributed by atoms with van der Waals surface area (Å²) in [6.07, 6.45) is 0. The molecule has 0 bridgehead atoms. The van der Waals surface area contributed by atoms with Gasteiger partial charge in [0.2, 0.25) is 0 Å². The minimum absolute atomic E-state index is 0. The van der Waals surface area contributed by atoms with Crippen LogP contribution in [-0.4, -0.2) is 51.3 Å². The molecule has 0 aromatic heterocycles. The Labute approximate surface area is 94.5 Å². The Morgan fingerprint density at radius 3 is 1.00 bits per heavy atom. The SMILES string of the molecule is O[Si](O)(O)O.[Ce].[H-].[H-].[Mg+2]. The molecule has 4 nitrogen and oxygen atoms in total. The maximum atomic E-state index is 7.33. The number of rotatable bonds is 0. The van der Waals surface area contributed by atoms with Gasteiger partial charge in [0, 0.05) is 41.7 Å². The van der Waals surface area contributed by atoms with E-state index >= 15 is 0 Å². The van der Waals surface area contributed by atoms with Gasteiger partial charge >= 0.3 is 32.1 Å². The zero-order valence-electron chi connectivity index (χ0n) is 5.50. The Kier molecular flexibility index (Phi) is 14.5. The van der Waals surface area contributed by atoms with E-state index < -0.39 is 9.05 Å². The number of hydrogen-bond donors (Lipinski definition) is 4. The van der Waals surface area contributed by atoms with Crippen LogP contribution >= 0.6 is 0 Å². The van der Waals surface area contributed by atoms with E-state index in [0.29, 0.717) is 0 Å². The molecule has 0 heterocycles. The van der Waals surface area contributed by atoms with Crippen molar-refractivity contribution in [1.82, 2.24) is 0 Å². The van der Waals surface area contributed by atoms with Gasteiger partial charge in [0.1, 0.15) is 0 Å². The Morgan fingerprint density at radius 1 is 1.00 bits per heavy atom. The second-order valence-electron chi connectivity index (χ2n) is 0.600. The first-order valence-electron chi connectivity index (χ1n) is 0.894. The first-order valence-corrected chi connectivity index (χ1v) is 2.68. The Hall–Kier alpha value is 2.20. The molecule has 0 aromatic carbocycles. The van der Waals surface area contributed by atoms with Crippen LogP contribution in [0.5, 0.6) is 0 Å². The topological polar surface area (TPSA) is 80.9 Å². The number of hydrogen-bond acceptors (Lipinski definition) is 4. The molecule has 7 heavy (non-hydrogen) atoms. The molecular weight excluding hydrogens is 257 g/mol. The predicted octanol–water partition coefficient (Wildman–Crippen LogP) is -2.76. The molecule has 0 rings (SSSR count). The van der Waals surface area contributed by atoms with Crippen LogP contribution in [0.2, 0.25) is 0 Å². The summed E-state index contributed by atoms with van der Waals surface area (Å²) in [6, 6.07) is 0. The molecule has 0 amide bonds. The van der Waals surface area contributed by atoms with Crippen molar-refractivity contribution in [2.45, 2.75) is 0 Å². The molecule has 0 aliphatic heterocycles. The van der Waals surface area contributed by atoms with Crippen molar-refractivity contribution in [3.8, 4) is 0 Å². The predicted molar refractivity (Wildman–Crippen MR) is 22.6 cm³/mol. The summed E-state index contributed by atoms with van der Waals surface area (Å²) < 4.78 is 0. The minimum atomic E-state index is -4.61. The van der Waals surface area contributed by atoms with Crippen LogP contribution in [0.3, 0.4) is 0 Å². The van der Waals surface area contributed by atoms with Crippen LogP contribution in [0.4, 0.5) is 0 Å². The van der Waals surface area contributed by atoms with Crippen LogP contribution in [-0.2, 0) is 0 Å². The molecule has 0 radical (unpaired) electrons. The van der Waals surface area contributed by atoms with Crippen molar-refractivity contribution in [1.29, 1.82) is 0 Å². The molecule has 0 saturated carbocycles. The summed E-state index contributed by atoms with van der Waals surface area (Å²) in [5, 5.41) is 0. The van der Waals surface area contributed by atoms with E-state index in [1.54, 1.807) is 0 Å². The standard InChI is InChI=1S/Ce.Mg.H4O4Si.2H/c;;1-5(2,3)4;;/h;;1-4H;;/q;+2;;2*-1. The second kappa shape index (κ2) is 6.32. The van der Waals surface area contributed by atoms with E-state index in [4.69, 9.17) is 19.2 Å². The fourth-order valence-corrected chi connectivity index (χ4v) is 0. The van der Waals surface area contributed by atoms with Gasteiger partial charge in [0.05, 0.1) is 0 Å². The van der Waals surface area contributed by atoms with Crippen molar-refractivity contribution in [2.24, 2.45) is 0 Å². The van der Waals surface area contributed by atoms with Crippen LogP contribution in [0.15, 0.2) is 0 Å². The molecular formula is H6CeMgO4Si. The summed E-state index contributed by atoms with van der Waals surface area (Å²) in [6.45, 7) is 0. The molecule has 0 atom stereocenters. The Balaban J connectivity index is -0.0000000133. The molecule has 0 aliphatic rings. The average molecular weight is 263 g/mol. The third kappa shape index (κ3) is 65.1. The fraction of sp³-hybridized carbons (Fsp3) is 0. The first kappa shape index (κ1) is 16.1. The van der Waals surface area contributed by atoms with Crippen molar-refractivity contribution < 1.29 is 63.8 Å². The summed E-state index contributed by atoms with van der Waals surface area (Å²) in [4.78, 5) is 29.3. The molecule has 7 heteroatoms. The van der Waals surface area contributed by atoms with Crippen LogP contribution in [0.25, 0.3) is 0 Å². The van der Waals surface area contributed by atoms with Crippen molar-refractivity contribution in [3.05, 3.63) is 0 Å². The maximum absolute atomic E-state index is 7.33. The van der Waals surface area contributed by atoms with Crippen LogP contribution in [0.1, 0.15) is 2.85 Å². The zero-order valence-corrected chi connectivity index (χ0v) is 9.05. The van der Waals surface area contributed by atoms with E-state index in [0.717, 1.165) is 0 Å². The van der Waals surface area contributed by atoms with Gasteiger partial charge in [0.15, 0.2) is 0 Å². The molecule has 0 fully saturated rings. The quantitative estimate of drug-likeness (QED) is 0.357. The molecule has 0 unspecified atom stereocenters. The second-order valence-corrected chi connectivity index (χ2v) is 1.80. The largest absolute Gasteiger partial charge is 2.00 e. The maximum Gasteiger partial charge on any atom is 2.00 e. The third-order valence-electron chi connectivity index (χ3n) is 0. The average Bonchev–Trinajstić information content (AvgIpc) is 0.722. The van der Waals surface area contributed by atoms with E-state index in [9.17, 15) is 0 Å². The fourth-order valence-electron chi connectivity index (χ4n) is 0. The van der Waals surface area contributed by atoms with Gasteiger partial charge in [-0.1, -0.05) is 0 Å². The van der Waals surface area contributed by atoms with Gasteiger partial charge < -0.3 is 22.0 Å². The van der Waals surface area contributed by atoms with Gasteiger partial charge in [-0.25, -0.2) is 0 Å². The zero-order chi connectivity index (χ0) is 4.50. The Bertz CT molecular complexity index is 34.0. The monoisotopic (exact) mass is 262 g/mol. The van der Waals surface area contributed by atoms with Crippen molar-refractivity contribution in [2.75, 3.05) is 0 Å². The van der Waals surface area contributed by atoms with Crippen molar-refractivity contribution in [3.63, 3.8) is 0 Å². The first-order chi connectivity index (χ1) is 2.00. The van der Waals surface area contributed by atoms with Crippen LogP contribution in [0, 0.1) is 41.7 Å². The van der Waals surface area contributed by atoms with E-state index in [2.05, 4.69) is 0 Å². The van der Waals surface area contributed by atoms with E-state index in [1.807, 2.05) is 0 Å². The van der Waals surface area contributed by atoms with Crippen LogP contribution < -0.4 is 0 Å². The van der Waals surface area contributed by atoms with Crippen molar-refractivity contribution >= 4 is 32.1 Å². The smallest absolute Gasteiger partial charge is 1.00 e. The van der Waals surface area contributed by atoms with Gasteiger partial charge in [-0.3, -0.25) is 0 Å². The normalized spacial score (nSPS) is 8.57. The molecule has 4 N–H and O–H groups in total. The summed E-state index contributed by atoms with van der Waals surface area (Å²) in [5.41, 5.74) is 0. The Morgan fingerprint density at radius 2 is 1.00 bits per heavy atom. The summed E-state index contributed by atoms with van der Waals surface area (Å²) >= 11 is 0. The molecule has 0 spiro atoms. The van der Waals surface area contributed by atoms with E-state index in [1.165, 1.54) is 0 Å². The van der Waals surface area contributed by atoms with E-state index in [-0.39, 0.29) is 67.7 Å². The van der Waals surface area contributed by atoms with Gasteiger partial charge in [-0.05, 0) is 0 Å². The third-order valence-corrected chi connectivity index (χ3v) is 0. The summed E-state index contributed by atoms with van der Waals surface area (Å²) in [7, 11) is -4.61. The van der Waals surface area contributed by atoms with Gasteiger partial charge in [-0.2, -0.15) is 0 Å². The molecule has 0 saturated heterocycles. The molecule has 40 valence electrons. The van der Waals surface area contributed by atoms with Gasteiger partial charge in [-0.15, -0.1) is 0 Å². The minimum Gasteiger partial charge on any atom is -1.00 e. The summed E-state index contributed by atoms with van der Waals surface area (Å²) in [5.74, 6) is 0. The van der Waals surface area contributed by atoms with Gasteiger partial charge in [0.25, 0.3) is 0 Å². The molecule has 0 aliphatic carbocycles.